The monoisotopic (exact) mass is 481 g/mol. The summed E-state index contributed by atoms with van der Waals surface area (Å²) in [6.45, 7) is 7.60. The van der Waals surface area contributed by atoms with E-state index in [-0.39, 0.29) is 11.2 Å². The Labute approximate surface area is 206 Å². The molecule has 4 rings (SSSR count). The van der Waals surface area contributed by atoms with E-state index < -0.39 is 4.92 Å². The van der Waals surface area contributed by atoms with Gasteiger partial charge in [-0.05, 0) is 67.1 Å². The molecular formula is C25H35N7O3. The number of nitrogens with zero attached hydrogens (tertiary/aromatic N) is 6. The van der Waals surface area contributed by atoms with Gasteiger partial charge < -0.3 is 15.1 Å². The third-order valence-corrected chi connectivity index (χ3v) is 6.92. The summed E-state index contributed by atoms with van der Waals surface area (Å²) in [7, 11) is 6.45. The molecule has 1 atom stereocenters. The first-order chi connectivity index (χ1) is 16.9. The summed E-state index contributed by atoms with van der Waals surface area (Å²) in [6, 6.07) is 12.1. The lowest BCUT2D eigenvalue weighted by atomic mass is 9.99. The predicted octanol–water partition coefficient (Wildman–Crippen LogP) is 2.03. The summed E-state index contributed by atoms with van der Waals surface area (Å²) in [4.78, 5) is 18.1. The molecule has 0 radical (unpaired) electrons. The van der Waals surface area contributed by atoms with Crippen LogP contribution in [0.2, 0.25) is 0 Å². The topological polar surface area (TPSA) is 104 Å². The molecule has 1 aromatic heterocycles. The van der Waals surface area contributed by atoms with Gasteiger partial charge in [0, 0.05) is 57.9 Å². The van der Waals surface area contributed by atoms with Crippen LogP contribution in [-0.4, -0.2) is 103 Å². The van der Waals surface area contributed by atoms with Gasteiger partial charge in [0.05, 0.1) is 4.92 Å². The Bertz CT molecular complexity index is 1100. The van der Waals surface area contributed by atoms with Crippen LogP contribution in [0.3, 0.4) is 0 Å². The van der Waals surface area contributed by atoms with Crippen molar-refractivity contribution in [1.29, 1.82) is 0 Å². The maximum Gasteiger partial charge on any atom is 0.300 e. The van der Waals surface area contributed by atoms with Gasteiger partial charge >= 0.3 is 5.69 Å². The summed E-state index contributed by atoms with van der Waals surface area (Å²) in [5.41, 5.74) is 3.79. The molecule has 0 amide bonds. The van der Waals surface area contributed by atoms with Gasteiger partial charge in [-0.3, -0.25) is 15.0 Å². The highest BCUT2D eigenvalue weighted by Crippen LogP contribution is 2.27. The molecule has 1 unspecified atom stereocenters. The number of non-ortho nitro benzene ring substituents is 1. The van der Waals surface area contributed by atoms with Crippen LogP contribution < -0.4 is 5.32 Å². The summed E-state index contributed by atoms with van der Waals surface area (Å²) < 4.78 is 4.78. The Morgan fingerprint density at radius 2 is 1.54 bits per heavy atom. The molecule has 35 heavy (non-hydrogen) atoms. The molecule has 1 saturated heterocycles. The molecule has 1 fully saturated rings. The highest BCUT2D eigenvalue weighted by Gasteiger charge is 2.20. The number of hydrogen-bond acceptors (Lipinski definition) is 9. The van der Waals surface area contributed by atoms with E-state index in [1.165, 1.54) is 11.6 Å². The maximum absolute atomic E-state index is 11.2. The number of benzene rings is 2. The fourth-order valence-electron chi connectivity index (χ4n) is 4.55. The molecule has 10 nitrogen and oxygen atoms in total. The molecule has 0 spiro atoms. The number of fused-ring (bicyclic) bond motifs is 1. The molecular weight excluding hydrogens is 446 g/mol. The van der Waals surface area contributed by atoms with Crippen molar-refractivity contribution < 1.29 is 9.55 Å². The molecule has 10 heteroatoms. The number of likely N-dealkylation sites (N-methyl/N-ethyl adjacent to an activating group) is 3. The van der Waals surface area contributed by atoms with Gasteiger partial charge in [-0.25, -0.2) is 4.63 Å². The lowest BCUT2D eigenvalue weighted by Gasteiger charge is -2.28. The summed E-state index contributed by atoms with van der Waals surface area (Å²) in [5.74, 6) is 0. The third kappa shape index (κ3) is 6.61. The minimum Gasteiger partial charge on any atom is -0.315 e. The van der Waals surface area contributed by atoms with Gasteiger partial charge in [-0.1, -0.05) is 24.3 Å². The van der Waals surface area contributed by atoms with Crippen LogP contribution in [0.15, 0.2) is 41.0 Å². The first-order valence-corrected chi connectivity index (χ1v) is 12.2. The normalized spacial score (nSPS) is 17.7. The van der Waals surface area contributed by atoms with E-state index in [4.69, 9.17) is 4.63 Å². The molecule has 188 valence electrons. The van der Waals surface area contributed by atoms with Crippen LogP contribution in [0.4, 0.5) is 5.69 Å². The SMILES string of the molecule is CNC(Cc1ccc(Cc2ccc([N+](=O)[O-])c3nonc23)cc1)CN1CCN(C)CCN(C)CC1. The van der Waals surface area contributed by atoms with E-state index in [1.54, 1.807) is 6.07 Å². The molecule has 0 bridgehead atoms. The fourth-order valence-corrected chi connectivity index (χ4v) is 4.55. The van der Waals surface area contributed by atoms with Crippen molar-refractivity contribution in [2.24, 2.45) is 0 Å². The third-order valence-electron chi connectivity index (χ3n) is 6.92. The summed E-state index contributed by atoms with van der Waals surface area (Å²) in [6.07, 6.45) is 1.56. The van der Waals surface area contributed by atoms with Crippen LogP contribution in [0.1, 0.15) is 16.7 Å². The molecule has 1 aliphatic rings. The van der Waals surface area contributed by atoms with Crippen LogP contribution in [0.25, 0.3) is 11.0 Å². The number of nitro benzene ring substituents is 1. The zero-order valence-corrected chi connectivity index (χ0v) is 20.8. The summed E-state index contributed by atoms with van der Waals surface area (Å²) >= 11 is 0. The first-order valence-electron chi connectivity index (χ1n) is 12.2. The highest BCUT2D eigenvalue weighted by atomic mass is 16.6. The van der Waals surface area contributed by atoms with Crippen LogP contribution in [0.5, 0.6) is 0 Å². The van der Waals surface area contributed by atoms with Crippen molar-refractivity contribution >= 4 is 16.7 Å². The quantitative estimate of drug-likeness (QED) is 0.382. The number of nitro groups is 1. The standard InChI is InChI=1S/C25H35N7O3/c1-26-22(18-31-14-12-29(2)10-11-30(3)13-15-31)17-20-6-4-19(5-7-20)16-21-8-9-23(32(33)34)25-24(21)27-35-28-25/h4-9,22,26H,10-18H2,1-3H3. The Balaban J connectivity index is 1.38. The predicted molar refractivity (Wildman–Crippen MR) is 136 cm³/mol. The van der Waals surface area contributed by atoms with Gasteiger partial charge in [0.2, 0.25) is 5.52 Å². The Morgan fingerprint density at radius 3 is 2.17 bits per heavy atom. The van der Waals surface area contributed by atoms with E-state index in [0.717, 1.165) is 63.4 Å². The second kappa shape index (κ2) is 11.7. The summed E-state index contributed by atoms with van der Waals surface area (Å²) in [5, 5.41) is 22.4. The van der Waals surface area contributed by atoms with Crippen LogP contribution in [0, 0.1) is 10.1 Å². The fraction of sp³-hybridized carbons (Fsp3) is 0.520. The average Bonchev–Trinajstić information content (AvgIpc) is 3.36. The van der Waals surface area contributed by atoms with Gasteiger partial charge in [-0.2, -0.15) is 0 Å². The Kier molecular flexibility index (Phi) is 8.40. The average molecular weight is 482 g/mol. The van der Waals surface area contributed by atoms with E-state index >= 15 is 0 Å². The van der Waals surface area contributed by atoms with Crippen molar-refractivity contribution in [3.8, 4) is 0 Å². The highest BCUT2D eigenvalue weighted by molar-refractivity contribution is 5.86. The Hall–Kier alpha value is -2.92. The zero-order valence-electron chi connectivity index (χ0n) is 20.8. The molecule has 0 saturated carbocycles. The van der Waals surface area contributed by atoms with Gasteiger partial charge in [-0.15, -0.1) is 0 Å². The first kappa shape index (κ1) is 25.2. The number of hydrogen-bond donors (Lipinski definition) is 1. The van der Waals surface area contributed by atoms with Gasteiger partial charge in [0.1, 0.15) is 5.52 Å². The lowest BCUT2D eigenvalue weighted by molar-refractivity contribution is -0.383. The molecule has 0 aliphatic carbocycles. The van der Waals surface area contributed by atoms with Crippen molar-refractivity contribution in [3.63, 3.8) is 0 Å². The van der Waals surface area contributed by atoms with Crippen molar-refractivity contribution in [2.45, 2.75) is 18.9 Å². The maximum atomic E-state index is 11.2. The zero-order chi connectivity index (χ0) is 24.8. The van der Waals surface area contributed by atoms with Crippen molar-refractivity contribution in [1.82, 2.24) is 30.3 Å². The molecule has 1 N–H and O–H groups in total. The lowest BCUT2D eigenvalue weighted by Crippen LogP contribution is -2.44. The molecule has 1 aliphatic heterocycles. The second-order valence-corrected chi connectivity index (χ2v) is 9.55. The van der Waals surface area contributed by atoms with Crippen LogP contribution in [-0.2, 0) is 12.8 Å². The largest absolute Gasteiger partial charge is 0.315 e. The number of aromatic nitrogens is 2. The molecule has 3 aromatic rings. The second-order valence-electron chi connectivity index (χ2n) is 9.55. The van der Waals surface area contributed by atoms with E-state index in [9.17, 15) is 10.1 Å². The number of nitrogens with one attached hydrogen (secondary N) is 1. The van der Waals surface area contributed by atoms with Crippen LogP contribution >= 0.6 is 0 Å². The van der Waals surface area contributed by atoms with E-state index in [2.05, 4.69) is 68.7 Å². The van der Waals surface area contributed by atoms with Crippen molar-refractivity contribution in [3.05, 3.63) is 63.2 Å². The smallest absolute Gasteiger partial charge is 0.300 e. The Morgan fingerprint density at radius 1 is 0.943 bits per heavy atom. The molecule has 2 heterocycles. The van der Waals surface area contributed by atoms with Gasteiger partial charge in [0.15, 0.2) is 0 Å². The number of rotatable bonds is 8. The molecule has 2 aromatic carbocycles. The van der Waals surface area contributed by atoms with E-state index in [1.807, 2.05) is 7.05 Å². The van der Waals surface area contributed by atoms with E-state index in [0.29, 0.717) is 18.0 Å². The van der Waals surface area contributed by atoms with Gasteiger partial charge in [0.25, 0.3) is 0 Å². The minimum absolute atomic E-state index is 0.0904. The van der Waals surface area contributed by atoms with Crippen molar-refractivity contribution in [2.75, 3.05) is 67.0 Å². The minimum atomic E-state index is -0.464.